The standard InChI is InChI=1S/C13H20N2O/c1-3-12(4-2)15-9-10-5-7-11(8-6-10)13(14)16/h5-8,12,15H,3-4,9H2,1-2H3,(H2,14,16). The lowest BCUT2D eigenvalue weighted by atomic mass is 10.1. The fraction of sp³-hybridized carbons (Fsp3) is 0.462. The Hall–Kier alpha value is -1.35. The summed E-state index contributed by atoms with van der Waals surface area (Å²) in [5.41, 5.74) is 6.91. The number of primary amides is 1. The maximum Gasteiger partial charge on any atom is 0.248 e. The van der Waals surface area contributed by atoms with Gasteiger partial charge in [0, 0.05) is 18.2 Å². The first kappa shape index (κ1) is 12.7. The molecule has 0 fully saturated rings. The average Bonchev–Trinajstić information content (AvgIpc) is 2.31. The second-order valence-electron chi connectivity index (χ2n) is 3.96. The van der Waals surface area contributed by atoms with E-state index in [0.717, 1.165) is 19.4 Å². The van der Waals surface area contributed by atoms with Gasteiger partial charge in [-0.25, -0.2) is 0 Å². The second kappa shape index (κ2) is 6.28. The van der Waals surface area contributed by atoms with E-state index in [4.69, 9.17) is 5.73 Å². The van der Waals surface area contributed by atoms with Crippen LogP contribution < -0.4 is 11.1 Å². The summed E-state index contributed by atoms with van der Waals surface area (Å²) in [4.78, 5) is 10.9. The molecule has 0 radical (unpaired) electrons. The zero-order valence-electron chi connectivity index (χ0n) is 9.99. The summed E-state index contributed by atoms with van der Waals surface area (Å²) in [5.74, 6) is -0.375. The first-order valence-corrected chi connectivity index (χ1v) is 5.79. The van der Waals surface area contributed by atoms with Gasteiger partial charge in [-0.15, -0.1) is 0 Å². The van der Waals surface area contributed by atoms with Crippen LogP contribution in [-0.4, -0.2) is 11.9 Å². The minimum atomic E-state index is -0.375. The quantitative estimate of drug-likeness (QED) is 0.771. The predicted octanol–water partition coefficient (Wildman–Crippen LogP) is 2.06. The Morgan fingerprint density at radius 1 is 1.25 bits per heavy atom. The topological polar surface area (TPSA) is 55.1 Å². The predicted molar refractivity (Wildman–Crippen MR) is 66.2 cm³/mol. The lowest BCUT2D eigenvalue weighted by molar-refractivity contribution is 0.100. The molecule has 0 aliphatic heterocycles. The summed E-state index contributed by atoms with van der Waals surface area (Å²) in [6, 6.07) is 7.99. The molecule has 1 rings (SSSR count). The first-order chi connectivity index (χ1) is 7.67. The molecule has 0 unspecified atom stereocenters. The first-order valence-electron chi connectivity index (χ1n) is 5.79. The summed E-state index contributed by atoms with van der Waals surface area (Å²) < 4.78 is 0. The third-order valence-corrected chi connectivity index (χ3v) is 2.82. The van der Waals surface area contributed by atoms with Crippen LogP contribution in [0.5, 0.6) is 0 Å². The number of benzene rings is 1. The highest BCUT2D eigenvalue weighted by molar-refractivity contribution is 5.92. The van der Waals surface area contributed by atoms with Crippen LogP contribution in [0.1, 0.15) is 42.6 Å². The van der Waals surface area contributed by atoms with E-state index < -0.39 is 0 Å². The molecular formula is C13H20N2O. The van der Waals surface area contributed by atoms with Gasteiger partial charge in [-0.05, 0) is 30.5 Å². The van der Waals surface area contributed by atoms with Crippen LogP contribution in [0.15, 0.2) is 24.3 Å². The SMILES string of the molecule is CCC(CC)NCc1ccc(C(N)=O)cc1. The van der Waals surface area contributed by atoms with Gasteiger partial charge in [-0.3, -0.25) is 4.79 Å². The maximum atomic E-state index is 10.9. The Kier molecular flexibility index (Phi) is 4.99. The van der Waals surface area contributed by atoms with Crippen LogP contribution >= 0.6 is 0 Å². The summed E-state index contributed by atoms with van der Waals surface area (Å²) in [6.07, 6.45) is 2.27. The fourth-order valence-corrected chi connectivity index (χ4v) is 1.63. The maximum absolute atomic E-state index is 10.9. The lowest BCUT2D eigenvalue weighted by Crippen LogP contribution is -2.27. The minimum Gasteiger partial charge on any atom is -0.366 e. The van der Waals surface area contributed by atoms with Gasteiger partial charge in [-0.2, -0.15) is 0 Å². The summed E-state index contributed by atoms with van der Waals surface area (Å²) in [6.45, 7) is 5.19. The molecule has 0 aliphatic rings. The van der Waals surface area contributed by atoms with Crippen LogP contribution in [0.25, 0.3) is 0 Å². The van der Waals surface area contributed by atoms with Crippen molar-refractivity contribution in [3.8, 4) is 0 Å². The molecule has 1 aromatic carbocycles. The molecule has 0 heterocycles. The number of hydrogen-bond acceptors (Lipinski definition) is 2. The number of nitrogens with one attached hydrogen (secondary N) is 1. The summed E-state index contributed by atoms with van der Waals surface area (Å²) in [7, 11) is 0. The van der Waals surface area contributed by atoms with Gasteiger partial charge in [0.15, 0.2) is 0 Å². The van der Waals surface area contributed by atoms with Crippen molar-refractivity contribution in [2.45, 2.75) is 39.3 Å². The molecule has 3 nitrogen and oxygen atoms in total. The Labute approximate surface area is 97.0 Å². The van der Waals surface area contributed by atoms with Crippen LogP contribution in [-0.2, 0) is 6.54 Å². The van der Waals surface area contributed by atoms with Crippen molar-refractivity contribution >= 4 is 5.91 Å². The Morgan fingerprint density at radius 2 is 1.81 bits per heavy atom. The van der Waals surface area contributed by atoms with E-state index in [1.807, 2.05) is 12.1 Å². The number of rotatable bonds is 6. The van der Waals surface area contributed by atoms with Crippen molar-refractivity contribution in [2.75, 3.05) is 0 Å². The molecule has 0 bridgehead atoms. The van der Waals surface area contributed by atoms with Crippen molar-refractivity contribution in [1.82, 2.24) is 5.32 Å². The van der Waals surface area contributed by atoms with Gasteiger partial charge in [0.05, 0.1) is 0 Å². The molecule has 1 aromatic rings. The van der Waals surface area contributed by atoms with Crippen molar-refractivity contribution < 1.29 is 4.79 Å². The highest BCUT2D eigenvalue weighted by Gasteiger charge is 2.03. The number of amides is 1. The zero-order valence-corrected chi connectivity index (χ0v) is 9.99. The molecule has 3 N–H and O–H groups in total. The number of hydrogen-bond donors (Lipinski definition) is 2. The molecule has 88 valence electrons. The summed E-state index contributed by atoms with van der Waals surface area (Å²) in [5, 5.41) is 3.47. The molecular weight excluding hydrogens is 200 g/mol. The van der Waals surface area contributed by atoms with Gasteiger partial charge in [0.2, 0.25) is 5.91 Å². The van der Waals surface area contributed by atoms with E-state index in [1.54, 1.807) is 12.1 Å². The molecule has 0 atom stereocenters. The monoisotopic (exact) mass is 220 g/mol. The molecule has 16 heavy (non-hydrogen) atoms. The van der Waals surface area contributed by atoms with E-state index >= 15 is 0 Å². The number of nitrogens with two attached hydrogens (primary N) is 1. The van der Waals surface area contributed by atoms with Crippen LogP contribution in [0.4, 0.5) is 0 Å². The van der Waals surface area contributed by atoms with Crippen LogP contribution in [0.2, 0.25) is 0 Å². The van der Waals surface area contributed by atoms with Gasteiger partial charge in [-0.1, -0.05) is 26.0 Å². The molecule has 0 aromatic heterocycles. The van der Waals surface area contributed by atoms with Gasteiger partial charge in [0.25, 0.3) is 0 Å². The van der Waals surface area contributed by atoms with E-state index in [1.165, 1.54) is 5.56 Å². The lowest BCUT2D eigenvalue weighted by Gasteiger charge is -2.14. The third kappa shape index (κ3) is 3.66. The second-order valence-corrected chi connectivity index (χ2v) is 3.96. The van der Waals surface area contributed by atoms with E-state index in [2.05, 4.69) is 19.2 Å². The Bertz CT molecular complexity index is 328. The van der Waals surface area contributed by atoms with Gasteiger partial charge < -0.3 is 11.1 Å². The van der Waals surface area contributed by atoms with Crippen LogP contribution in [0.3, 0.4) is 0 Å². The molecule has 0 saturated heterocycles. The van der Waals surface area contributed by atoms with Crippen molar-refractivity contribution in [1.29, 1.82) is 0 Å². The van der Waals surface area contributed by atoms with Gasteiger partial charge in [0.1, 0.15) is 0 Å². The third-order valence-electron chi connectivity index (χ3n) is 2.82. The fourth-order valence-electron chi connectivity index (χ4n) is 1.63. The Morgan fingerprint density at radius 3 is 2.25 bits per heavy atom. The van der Waals surface area contributed by atoms with Crippen molar-refractivity contribution in [3.63, 3.8) is 0 Å². The molecule has 1 amide bonds. The highest BCUT2D eigenvalue weighted by Crippen LogP contribution is 2.05. The normalized spacial score (nSPS) is 10.7. The van der Waals surface area contributed by atoms with Gasteiger partial charge >= 0.3 is 0 Å². The zero-order chi connectivity index (χ0) is 12.0. The molecule has 0 spiro atoms. The largest absolute Gasteiger partial charge is 0.366 e. The molecule has 0 saturated carbocycles. The van der Waals surface area contributed by atoms with E-state index in [0.29, 0.717) is 11.6 Å². The molecule has 0 aliphatic carbocycles. The minimum absolute atomic E-state index is 0.375. The van der Waals surface area contributed by atoms with Crippen molar-refractivity contribution in [3.05, 3.63) is 35.4 Å². The van der Waals surface area contributed by atoms with E-state index in [-0.39, 0.29) is 5.91 Å². The smallest absolute Gasteiger partial charge is 0.248 e. The number of carbonyl (C=O) groups is 1. The average molecular weight is 220 g/mol. The molecule has 3 heteroatoms. The summed E-state index contributed by atoms with van der Waals surface area (Å²) >= 11 is 0. The highest BCUT2D eigenvalue weighted by atomic mass is 16.1. The van der Waals surface area contributed by atoms with Crippen LogP contribution in [0, 0.1) is 0 Å². The van der Waals surface area contributed by atoms with E-state index in [9.17, 15) is 4.79 Å². The van der Waals surface area contributed by atoms with Crippen molar-refractivity contribution in [2.24, 2.45) is 5.73 Å². The number of carbonyl (C=O) groups excluding carboxylic acids is 1. The Balaban J connectivity index is 2.52.